The lowest BCUT2D eigenvalue weighted by Crippen LogP contribution is -2.56. The number of carbonyl (C=O) groups is 1. The normalized spacial score (nSPS) is 31.8. The predicted molar refractivity (Wildman–Crippen MR) is 111 cm³/mol. The van der Waals surface area contributed by atoms with Gasteiger partial charge >= 0.3 is 0 Å². The fourth-order valence-electron chi connectivity index (χ4n) is 6.41. The summed E-state index contributed by atoms with van der Waals surface area (Å²) in [6, 6.07) is 7.49. The number of H-pyrrole nitrogens is 1. The van der Waals surface area contributed by atoms with Gasteiger partial charge in [0.05, 0.1) is 16.7 Å². The van der Waals surface area contributed by atoms with E-state index in [0.717, 1.165) is 17.8 Å². The van der Waals surface area contributed by atoms with Crippen molar-refractivity contribution in [2.24, 2.45) is 23.2 Å². The molecular weight excluding hydrogens is 370 g/mol. The average Bonchev–Trinajstić information content (AvgIpc) is 2.65. The molecule has 1 aromatic carbocycles. The van der Waals surface area contributed by atoms with E-state index in [1.54, 1.807) is 6.07 Å². The number of amides is 1. The number of nitrogens with zero attached hydrogens (tertiary/aromatic N) is 1. The number of benzene rings is 1. The number of nitrogens with one attached hydrogen (secondary N) is 2. The Morgan fingerprint density at radius 2 is 1.86 bits per heavy atom. The Hall–Kier alpha value is -1.82. The molecule has 1 atom stereocenters. The summed E-state index contributed by atoms with van der Waals surface area (Å²) in [5.41, 5.74) is 0.816. The van der Waals surface area contributed by atoms with Gasteiger partial charge in [0.2, 0.25) is 5.91 Å². The van der Waals surface area contributed by atoms with Crippen molar-refractivity contribution in [1.29, 1.82) is 0 Å². The lowest BCUT2D eigenvalue weighted by Gasteiger charge is -2.59. The zero-order valence-electron chi connectivity index (χ0n) is 16.2. The van der Waals surface area contributed by atoms with Crippen molar-refractivity contribution in [3.05, 3.63) is 34.6 Å². The summed E-state index contributed by atoms with van der Waals surface area (Å²) in [7, 11) is 0. The lowest BCUT2D eigenvalue weighted by molar-refractivity contribution is -0.123. The van der Waals surface area contributed by atoms with E-state index in [9.17, 15) is 9.59 Å². The maximum atomic E-state index is 12.6. The van der Waals surface area contributed by atoms with Gasteiger partial charge in [0.25, 0.3) is 5.56 Å². The zero-order chi connectivity index (χ0) is 19.3. The SMILES string of the molecule is C[C@@H](NC(=O)CSc1nc2ccccc2c(=O)[nH]1)C12CC3CC(CC(C3)C1)C2. The van der Waals surface area contributed by atoms with E-state index in [0.29, 0.717) is 21.5 Å². The first-order chi connectivity index (χ1) is 13.5. The average molecular weight is 398 g/mol. The summed E-state index contributed by atoms with van der Waals surface area (Å²) < 4.78 is 0. The number of hydrogen-bond donors (Lipinski definition) is 2. The number of para-hydroxylation sites is 1. The van der Waals surface area contributed by atoms with Gasteiger partial charge in [-0.1, -0.05) is 23.9 Å². The molecule has 6 heteroatoms. The van der Waals surface area contributed by atoms with Crippen molar-refractivity contribution in [1.82, 2.24) is 15.3 Å². The van der Waals surface area contributed by atoms with E-state index in [2.05, 4.69) is 22.2 Å². The van der Waals surface area contributed by atoms with Crippen LogP contribution >= 0.6 is 11.8 Å². The topological polar surface area (TPSA) is 74.8 Å². The van der Waals surface area contributed by atoms with Gasteiger partial charge in [-0.3, -0.25) is 9.59 Å². The molecule has 2 aromatic rings. The van der Waals surface area contributed by atoms with Crippen LogP contribution in [0.2, 0.25) is 0 Å². The Bertz CT molecular complexity index is 934. The van der Waals surface area contributed by atoms with Crippen molar-refractivity contribution in [3.63, 3.8) is 0 Å². The summed E-state index contributed by atoms with van der Waals surface area (Å²) in [4.78, 5) is 32.0. The molecule has 1 heterocycles. The first-order valence-corrected chi connectivity index (χ1v) is 11.4. The Morgan fingerprint density at radius 1 is 1.21 bits per heavy atom. The van der Waals surface area contributed by atoms with Gasteiger partial charge in [0.15, 0.2) is 5.16 Å². The fraction of sp³-hybridized carbons (Fsp3) is 0.591. The van der Waals surface area contributed by atoms with Crippen molar-refractivity contribution < 1.29 is 4.79 Å². The molecule has 6 rings (SSSR count). The van der Waals surface area contributed by atoms with E-state index in [4.69, 9.17) is 0 Å². The largest absolute Gasteiger partial charge is 0.352 e. The van der Waals surface area contributed by atoms with Crippen molar-refractivity contribution >= 4 is 28.6 Å². The van der Waals surface area contributed by atoms with Crippen molar-refractivity contribution in [2.75, 3.05) is 5.75 Å². The molecule has 0 aliphatic heterocycles. The Morgan fingerprint density at radius 3 is 2.54 bits per heavy atom. The van der Waals surface area contributed by atoms with E-state index >= 15 is 0 Å². The van der Waals surface area contributed by atoms with Gasteiger partial charge in [0, 0.05) is 6.04 Å². The number of carbonyl (C=O) groups excluding carboxylic acids is 1. The zero-order valence-corrected chi connectivity index (χ0v) is 17.1. The molecule has 4 aliphatic rings. The number of aromatic nitrogens is 2. The highest BCUT2D eigenvalue weighted by Crippen LogP contribution is 2.61. The lowest BCUT2D eigenvalue weighted by atomic mass is 9.48. The van der Waals surface area contributed by atoms with Crippen LogP contribution in [0.15, 0.2) is 34.2 Å². The number of rotatable bonds is 5. The van der Waals surface area contributed by atoms with Crippen LogP contribution in [0.25, 0.3) is 10.9 Å². The van der Waals surface area contributed by atoms with Gasteiger partial charge in [0.1, 0.15) is 0 Å². The minimum absolute atomic E-state index is 0.0315. The van der Waals surface area contributed by atoms with Crippen molar-refractivity contribution in [3.8, 4) is 0 Å². The van der Waals surface area contributed by atoms with Gasteiger partial charge in [-0.2, -0.15) is 0 Å². The number of aromatic amines is 1. The van der Waals surface area contributed by atoms with E-state index in [1.165, 1.54) is 50.3 Å². The third-order valence-electron chi connectivity index (χ3n) is 7.31. The highest BCUT2D eigenvalue weighted by Gasteiger charge is 2.53. The summed E-state index contributed by atoms with van der Waals surface area (Å²) in [6.45, 7) is 2.20. The highest BCUT2D eigenvalue weighted by molar-refractivity contribution is 7.99. The fourth-order valence-corrected chi connectivity index (χ4v) is 7.09. The van der Waals surface area contributed by atoms with Crippen LogP contribution in [0.4, 0.5) is 0 Å². The molecule has 5 nitrogen and oxygen atoms in total. The summed E-state index contributed by atoms with van der Waals surface area (Å²) in [5.74, 6) is 2.95. The van der Waals surface area contributed by atoms with Crippen LogP contribution in [-0.4, -0.2) is 27.7 Å². The molecule has 0 radical (unpaired) electrons. The molecule has 28 heavy (non-hydrogen) atoms. The third-order valence-corrected chi connectivity index (χ3v) is 8.19. The summed E-state index contributed by atoms with van der Waals surface area (Å²) in [6.07, 6.45) is 8.09. The third kappa shape index (κ3) is 3.25. The molecule has 1 aromatic heterocycles. The van der Waals surface area contributed by atoms with E-state index in [1.807, 2.05) is 18.2 Å². The first kappa shape index (κ1) is 18.2. The molecule has 0 unspecified atom stereocenters. The molecule has 0 saturated heterocycles. The molecule has 4 fully saturated rings. The molecule has 4 saturated carbocycles. The second-order valence-electron chi connectivity index (χ2n) is 9.25. The number of thioether (sulfide) groups is 1. The number of fused-ring (bicyclic) bond motifs is 1. The summed E-state index contributed by atoms with van der Waals surface area (Å²) in [5, 5.41) is 4.36. The van der Waals surface area contributed by atoms with E-state index < -0.39 is 0 Å². The number of hydrogen-bond acceptors (Lipinski definition) is 4. The van der Waals surface area contributed by atoms with Crippen molar-refractivity contribution in [2.45, 2.75) is 56.6 Å². The van der Waals surface area contributed by atoms with Crippen LogP contribution in [0, 0.1) is 23.2 Å². The molecule has 4 bridgehead atoms. The molecule has 0 spiro atoms. The van der Waals surface area contributed by atoms with Gasteiger partial charge in [-0.25, -0.2) is 4.98 Å². The molecule has 1 amide bonds. The molecule has 2 N–H and O–H groups in total. The highest BCUT2D eigenvalue weighted by atomic mass is 32.2. The van der Waals surface area contributed by atoms with Gasteiger partial charge < -0.3 is 10.3 Å². The maximum Gasteiger partial charge on any atom is 0.259 e. The quantitative estimate of drug-likeness (QED) is 0.595. The minimum atomic E-state index is -0.157. The Labute approximate surface area is 169 Å². The van der Waals surface area contributed by atoms with Gasteiger partial charge in [-0.05, 0) is 80.8 Å². The monoisotopic (exact) mass is 397 g/mol. The predicted octanol–water partition coefficient (Wildman–Crippen LogP) is 3.74. The molecule has 148 valence electrons. The second-order valence-corrected chi connectivity index (χ2v) is 10.2. The Kier molecular flexibility index (Phi) is 4.49. The van der Waals surface area contributed by atoms with Gasteiger partial charge in [-0.15, -0.1) is 0 Å². The molecule has 4 aliphatic carbocycles. The Balaban J connectivity index is 1.23. The second kappa shape index (κ2) is 6.90. The van der Waals surface area contributed by atoms with Crippen LogP contribution < -0.4 is 10.9 Å². The van der Waals surface area contributed by atoms with Crippen LogP contribution in [-0.2, 0) is 4.79 Å². The van der Waals surface area contributed by atoms with Crippen LogP contribution in [0.5, 0.6) is 0 Å². The first-order valence-electron chi connectivity index (χ1n) is 10.4. The maximum absolute atomic E-state index is 12.6. The standard InChI is InChI=1S/C22H27N3O2S/c1-13(22-9-14-6-15(10-22)8-16(7-14)11-22)23-19(26)12-28-21-24-18-5-3-2-4-17(18)20(27)25-21/h2-5,13-16H,6-12H2,1H3,(H,23,26)(H,24,25,27)/t13-,14?,15?,16?,22?/m1/s1. The minimum Gasteiger partial charge on any atom is -0.352 e. The van der Waals surface area contributed by atoms with Crippen LogP contribution in [0.3, 0.4) is 0 Å². The van der Waals surface area contributed by atoms with Crippen LogP contribution in [0.1, 0.15) is 45.4 Å². The summed E-state index contributed by atoms with van der Waals surface area (Å²) >= 11 is 1.30. The van der Waals surface area contributed by atoms with E-state index in [-0.39, 0.29) is 23.3 Å². The molecular formula is C22H27N3O2S. The smallest absolute Gasteiger partial charge is 0.259 e.